The molecule has 0 atom stereocenters. The van der Waals surface area contributed by atoms with E-state index in [-0.39, 0.29) is 0 Å². The number of hydrogen-bond donors (Lipinski definition) is 0. The van der Waals surface area contributed by atoms with Gasteiger partial charge in [-0.15, -0.1) is 13.2 Å². The largest absolute Gasteiger partial charge is 0.573 e. The Morgan fingerprint density at radius 3 is 2.42 bits per heavy atom. The smallest absolute Gasteiger partial charge is 0.464 e. The average molecular weight is 397 g/mol. The van der Waals surface area contributed by atoms with Crippen LogP contribution in [0.4, 0.5) is 22.0 Å². The highest BCUT2D eigenvalue weighted by Crippen LogP contribution is 2.36. The summed E-state index contributed by atoms with van der Waals surface area (Å²) in [7, 11) is 0.988. The van der Waals surface area contributed by atoms with Crippen molar-refractivity contribution >= 4 is 28.6 Å². The molecule has 0 radical (unpaired) electrons. The van der Waals surface area contributed by atoms with Crippen molar-refractivity contribution in [3.63, 3.8) is 0 Å². The van der Waals surface area contributed by atoms with Gasteiger partial charge in [0, 0.05) is 0 Å². The summed E-state index contributed by atoms with van der Waals surface area (Å²) in [4.78, 5) is 14.5. The van der Waals surface area contributed by atoms with Crippen LogP contribution >= 0.6 is 22.6 Å². The molecule has 0 saturated heterocycles. The zero-order valence-electron chi connectivity index (χ0n) is 9.09. The van der Waals surface area contributed by atoms with Crippen LogP contribution in [0.2, 0.25) is 0 Å². The van der Waals surface area contributed by atoms with Crippen LogP contribution in [0.1, 0.15) is 22.5 Å². The van der Waals surface area contributed by atoms with Gasteiger partial charge in [0.2, 0.25) is 0 Å². The summed E-state index contributed by atoms with van der Waals surface area (Å²) < 4.78 is 69.0. The third kappa shape index (κ3) is 3.88. The van der Waals surface area contributed by atoms with Crippen LogP contribution in [0.5, 0.6) is 5.75 Å². The fraction of sp³-hybridized carbons (Fsp3) is 0.333. The number of esters is 1. The molecule has 0 aliphatic heterocycles. The van der Waals surface area contributed by atoms with E-state index in [0.717, 1.165) is 7.11 Å². The maximum atomic E-state index is 12.8. The topological polar surface area (TPSA) is 48.4 Å². The minimum Gasteiger partial charge on any atom is -0.464 e. The Hall–Kier alpha value is -1.20. The summed E-state index contributed by atoms with van der Waals surface area (Å²) in [6.07, 6.45) is -8.00. The number of carbonyl (C=O) groups excluding carboxylic acids is 1. The molecule has 0 N–H and O–H groups in total. The van der Waals surface area contributed by atoms with Gasteiger partial charge in [0.1, 0.15) is 0 Å². The van der Waals surface area contributed by atoms with Gasteiger partial charge < -0.3 is 9.47 Å². The van der Waals surface area contributed by atoms with Crippen molar-refractivity contribution in [3.05, 3.63) is 21.0 Å². The molecule has 1 aromatic rings. The van der Waals surface area contributed by atoms with Gasteiger partial charge in [-0.3, -0.25) is 0 Å². The van der Waals surface area contributed by atoms with Gasteiger partial charge in [-0.25, -0.2) is 18.6 Å². The first-order chi connectivity index (χ1) is 8.67. The number of halogens is 6. The first-order valence-electron chi connectivity index (χ1n) is 4.48. The first kappa shape index (κ1) is 15.9. The van der Waals surface area contributed by atoms with Gasteiger partial charge >= 0.3 is 12.3 Å². The summed E-state index contributed by atoms with van der Waals surface area (Å²) in [6, 6.07) is 0. The Labute approximate surface area is 117 Å². The quantitative estimate of drug-likeness (QED) is 0.446. The molecule has 1 heterocycles. The SMILES string of the molecule is COC(=O)c1ncc(OC(F)(F)F)c(C(F)F)c1I. The molecule has 4 nitrogen and oxygen atoms in total. The summed E-state index contributed by atoms with van der Waals surface area (Å²) in [5, 5.41) is 0. The van der Waals surface area contributed by atoms with Gasteiger partial charge in [-0.2, -0.15) is 0 Å². The van der Waals surface area contributed by atoms with Gasteiger partial charge in [0.25, 0.3) is 6.43 Å². The maximum Gasteiger partial charge on any atom is 0.573 e. The Bertz CT molecular complexity index is 491. The van der Waals surface area contributed by atoms with Crippen LogP contribution in [0.15, 0.2) is 6.20 Å². The number of ether oxygens (including phenoxy) is 2. The van der Waals surface area contributed by atoms with E-state index >= 15 is 0 Å². The normalized spacial score (nSPS) is 11.6. The van der Waals surface area contributed by atoms with Gasteiger partial charge in [0.15, 0.2) is 11.4 Å². The van der Waals surface area contributed by atoms with Crippen molar-refractivity contribution in [2.45, 2.75) is 12.8 Å². The molecular formula is C9H5F5INO3. The molecule has 1 rings (SSSR count). The molecule has 0 saturated carbocycles. The van der Waals surface area contributed by atoms with E-state index in [1.54, 1.807) is 0 Å². The minimum atomic E-state index is -5.14. The summed E-state index contributed by atoms with van der Waals surface area (Å²) in [5.41, 5.74) is -1.57. The second-order valence-corrected chi connectivity index (χ2v) is 4.12. The van der Waals surface area contributed by atoms with Gasteiger partial charge in [0.05, 0.1) is 22.4 Å². The molecule has 10 heteroatoms. The molecule has 0 aliphatic rings. The molecule has 0 unspecified atom stereocenters. The number of methoxy groups -OCH3 is 1. The molecule has 0 amide bonds. The van der Waals surface area contributed by atoms with Crippen LogP contribution in [-0.2, 0) is 4.74 Å². The standard InChI is InChI=1S/C9H5F5INO3/c1-18-8(17)6-5(15)4(7(10)11)3(2-16-6)19-9(12,13)14/h2,7H,1H3. The predicted molar refractivity (Wildman–Crippen MR) is 59.9 cm³/mol. The van der Waals surface area contributed by atoms with Crippen molar-refractivity contribution in [3.8, 4) is 5.75 Å². The lowest BCUT2D eigenvalue weighted by molar-refractivity contribution is -0.275. The monoisotopic (exact) mass is 397 g/mol. The molecule has 0 fully saturated rings. The molecule has 19 heavy (non-hydrogen) atoms. The second-order valence-electron chi connectivity index (χ2n) is 3.04. The van der Waals surface area contributed by atoms with Crippen molar-refractivity contribution < 1.29 is 36.2 Å². The predicted octanol–water partition coefficient (Wildman–Crippen LogP) is 3.31. The van der Waals surface area contributed by atoms with Crippen LogP contribution in [0.25, 0.3) is 0 Å². The number of carbonyl (C=O) groups is 1. The molecular weight excluding hydrogens is 392 g/mol. The molecule has 1 aromatic heterocycles. The second kappa shape index (κ2) is 5.84. The Morgan fingerprint density at radius 1 is 1.42 bits per heavy atom. The molecule has 0 bridgehead atoms. The fourth-order valence-electron chi connectivity index (χ4n) is 1.13. The average Bonchev–Trinajstić information content (AvgIpc) is 2.25. The zero-order chi connectivity index (χ0) is 14.8. The highest BCUT2D eigenvalue weighted by atomic mass is 127. The first-order valence-corrected chi connectivity index (χ1v) is 5.56. The Morgan fingerprint density at radius 2 is 2.00 bits per heavy atom. The summed E-state index contributed by atoms with van der Waals surface area (Å²) in [5.74, 6) is -2.19. The van der Waals surface area contributed by atoms with Gasteiger partial charge in [-0.05, 0) is 22.6 Å². The molecule has 0 aromatic carbocycles. The number of hydrogen-bond acceptors (Lipinski definition) is 4. The van der Waals surface area contributed by atoms with Crippen molar-refractivity contribution in [2.75, 3.05) is 7.11 Å². The Kier molecular flexibility index (Phi) is 4.87. The molecule has 106 valence electrons. The number of aromatic nitrogens is 1. The maximum absolute atomic E-state index is 12.8. The van der Waals surface area contributed by atoms with Crippen molar-refractivity contribution in [2.24, 2.45) is 0 Å². The number of pyridine rings is 1. The third-order valence-electron chi connectivity index (χ3n) is 1.84. The van der Waals surface area contributed by atoms with E-state index in [1.807, 2.05) is 0 Å². The summed E-state index contributed by atoms with van der Waals surface area (Å²) >= 11 is 1.28. The van der Waals surface area contributed by atoms with E-state index < -0.39 is 39.3 Å². The lowest BCUT2D eigenvalue weighted by Gasteiger charge is -2.15. The van der Waals surface area contributed by atoms with Gasteiger partial charge in [-0.1, -0.05) is 0 Å². The highest BCUT2D eigenvalue weighted by Gasteiger charge is 2.35. The zero-order valence-corrected chi connectivity index (χ0v) is 11.3. The van der Waals surface area contributed by atoms with E-state index in [2.05, 4.69) is 14.5 Å². The minimum absolute atomic E-state index is 0.406. The molecule has 0 aliphatic carbocycles. The van der Waals surface area contributed by atoms with Crippen LogP contribution < -0.4 is 4.74 Å². The van der Waals surface area contributed by atoms with E-state index in [4.69, 9.17) is 0 Å². The number of rotatable bonds is 3. The van der Waals surface area contributed by atoms with Crippen molar-refractivity contribution in [1.29, 1.82) is 0 Å². The van der Waals surface area contributed by atoms with Crippen LogP contribution in [0.3, 0.4) is 0 Å². The third-order valence-corrected chi connectivity index (χ3v) is 2.94. The van der Waals surface area contributed by atoms with Crippen molar-refractivity contribution in [1.82, 2.24) is 4.98 Å². The van der Waals surface area contributed by atoms with Crippen LogP contribution in [0, 0.1) is 3.57 Å². The highest BCUT2D eigenvalue weighted by molar-refractivity contribution is 14.1. The summed E-state index contributed by atoms with van der Waals surface area (Å²) in [6.45, 7) is 0. The molecule has 0 spiro atoms. The number of alkyl halides is 5. The van der Waals surface area contributed by atoms with E-state index in [0.29, 0.717) is 6.20 Å². The number of nitrogens with zero attached hydrogens (tertiary/aromatic N) is 1. The lowest BCUT2D eigenvalue weighted by Crippen LogP contribution is -2.20. The fourth-order valence-corrected chi connectivity index (χ4v) is 1.99. The lowest BCUT2D eigenvalue weighted by atomic mass is 10.2. The van der Waals surface area contributed by atoms with E-state index in [1.165, 1.54) is 22.6 Å². The van der Waals surface area contributed by atoms with Crippen LogP contribution in [-0.4, -0.2) is 24.4 Å². The van der Waals surface area contributed by atoms with E-state index in [9.17, 15) is 26.7 Å². The Balaban J connectivity index is 3.36.